The fraction of sp³-hybridized carbons (Fsp3) is 0.667. The lowest BCUT2D eigenvalue weighted by Gasteiger charge is -2.26. The largest absolute Gasteiger partial charge is 0.331 e. The van der Waals surface area contributed by atoms with E-state index < -0.39 is 0 Å². The number of carbonyl (C=O) groups excluding carboxylic acids is 1. The van der Waals surface area contributed by atoms with Gasteiger partial charge in [-0.2, -0.15) is 0 Å². The first-order chi connectivity index (χ1) is 6.61. The van der Waals surface area contributed by atoms with E-state index in [1.54, 1.807) is 28.4 Å². The molecule has 0 saturated carbocycles. The summed E-state index contributed by atoms with van der Waals surface area (Å²) in [6.45, 7) is 2.12. The third-order valence-corrected chi connectivity index (χ3v) is 5.69. The Morgan fingerprint density at radius 2 is 2.36 bits per heavy atom. The first kappa shape index (κ1) is 10.4. The van der Waals surface area contributed by atoms with Crippen LogP contribution in [0.1, 0.15) is 6.92 Å². The molecular weight excluding hydrogens is 216 g/mol. The number of nitrogens with zero attached hydrogens (tertiary/aromatic N) is 1. The lowest BCUT2D eigenvalue weighted by Crippen LogP contribution is -2.45. The summed E-state index contributed by atoms with van der Waals surface area (Å²) < 4.78 is 0. The second kappa shape index (κ2) is 3.79. The zero-order chi connectivity index (χ0) is 10.3. The second-order valence-electron chi connectivity index (χ2n) is 3.70. The van der Waals surface area contributed by atoms with Gasteiger partial charge >= 0.3 is 0 Å². The van der Waals surface area contributed by atoms with E-state index in [-0.39, 0.29) is 17.3 Å². The number of nitrogens with two attached hydrogens (primary N) is 1. The minimum absolute atomic E-state index is 0.0700. The Morgan fingerprint density at radius 1 is 1.64 bits per heavy atom. The highest BCUT2D eigenvalue weighted by molar-refractivity contribution is 8.06. The second-order valence-corrected chi connectivity index (χ2v) is 5.86. The minimum atomic E-state index is -0.330. The van der Waals surface area contributed by atoms with Gasteiger partial charge in [-0.1, -0.05) is 5.57 Å². The molecule has 14 heavy (non-hydrogen) atoms. The number of hydrogen-bond acceptors (Lipinski definition) is 4. The molecule has 2 heterocycles. The molecule has 0 aliphatic carbocycles. The highest BCUT2D eigenvalue weighted by Gasteiger charge is 2.38. The summed E-state index contributed by atoms with van der Waals surface area (Å²) in [7, 11) is 1.85. The van der Waals surface area contributed by atoms with Gasteiger partial charge in [0.2, 0.25) is 5.91 Å². The molecule has 0 aromatic rings. The number of hydrogen-bond donors (Lipinski definition) is 1. The lowest BCUT2D eigenvalue weighted by molar-refractivity contribution is -0.131. The third-order valence-electron chi connectivity index (χ3n) is 2.60. The molecule has 0 radical (unpaired) electrons. The van der Waals surface area contributed by atoms with Gasteiger partial charge in [0, 0.05) is 12.8 Å². The van der Waals surface area contributed by atoms with Crippen LogP contribution < -0.4 is 5.73 Å². The van der Waals surface area contributed by atoms with E-state index >= 15 is 0 Å². The Bertz CT molecular complexity index is 293. The van der Waals surface area contributed by atoms with Crippen LogP contribution in [0, 0.1) is 0 Å². The zero-order valence-corrected chi connectivity index (χ0v) is 9.90. The molecule has 2 aliphatic rings. The molecule has 5 heteroatoms. The molecule has 78 valence electrons. The standard InChI is InChI=1S/C9H14N2OS2/c1-5-3-14-9-7(5)13-4-6(10)8(12)11(9)2/h3,6-7,9H,4,10H2,1-2H3/t6-,7?,9?/m0/s1. The van der Waals surface area contributed by atoms with E-state index in [2.05, 4.69) is 12.3 Å². The first-order valence-corrected chi connectivity index (χ1v) is 6.56. The molecule has 1 saturated heterocycles. The Labute approximate surface area is 92.5 Å². The van der Waals surface area contributed by atoms with Gasteiger partial charge in [-0.05, 0) is 12.3 Å². The Morgan fingerprint density at radius 3 is 3.07 bits per heavy atom. The van der Waals surface area contributed by atoms with Crippen LogP contribution in [0.25, 0.3) is 0 Å². The number of carbonyl (C=O) groups is 1. The van der Waals surface area contributed by atoms with Gasteiger partial charge in [-0.25, -0.2) is 0 Å². The molecular formula is C9H14N2OS2. The molecule has 2 aliphatic heterocycles. The number of amides is 1. The van der Waals surface area contributed by atoms with Gasteiger partial charge < -0.3 is 10.6 Å². The molecule has 0 aromatic heterocycles. The lowest BCUT2D eigenvalue weighted by atomic mass is 10.2. The normalized spacial score (nSPS) is 37.9. The fourth-order valence-electron chi connectivity index (χ4n) is 1.71. The topological polar surface area (TPSA) is 46.3 Å². The molecule has 2 N–H and O–H groups in total. The van der Waals surface area contributed by atoms with Gasteiger partial charge in [0.1, 0.15) is 0 Å². The maximum atomic E-state index is 11.7. The predicted octanol–water partition coefficient (Wildman–Crippen LogP) is 0.864. The fourth-order valence-corrected chi connectivity index (χ4v) is 4.61. The van der Waals surface area contributed by atoms with Crippen molar-refractivity contribution in [1.29, 1.82) is 0 Å². The van der Waals surface area contributed by atoms with Crippen LogP contribution in [-0.4, -0.2) is 40.3 Å². The van der Waals surface area contributed by atoms with Crippen LogP contribution in [-0.2, 0) is 4.79 Å². The minimum Gasteiger partial charge on any atom is -0.331 e. The van der Waals surface area contributed by atoms with Gasteiger partial charge in [-0.15, -0.1) is 23.5 Å². The maximum absolute atomic E-state index is 11.7. The van der Waals surface area contributed by atoms with Crippen LogP contribution in [0.5, 0.6) is 0 Å². The van der Waals surface area contributed by atoms with Crippen molar-refractivity contribution >= 4 is 29.4 Å². The Balaban J connectivity index is 2.22. The van der Waals surface area contributed by atoms with E-state index in [1.165, 1.54) is 5.57 Å². The molecule has 2 unspecified atom stereocenters. The summed E-state index contributed by atoms with van der Waals surface area (Å²) in [6, 6.07) is -0.330. The highest BCUT2D eigenvalue weighted by Crippen LogP contribution is 2.41. The molecule has 0 spiro atoms. The van der Waals surface area contributed by atoms with Crippen molar-refractivity contribution in [2.24, 2.45) is 5.73 Å². The number of rotatable bonds is 0. The number of likely N-dealkylation sites (N-methyl/N-ethyl adjacent to an activating group) is 1. The van der Waals surface area contributed by atoms with Crippen molar-refractivity contribution in [3.63, 3.8) is 0 Å². The molecule has 0 bridgehead atoms. The van der Waals surface area contributed by atoms with Crippen molar-refractivity contribution in [3.05, 3.63) is 11.0 Å². The van der Waals surface area contributed by atoms with Crippen LogP contribution in [0.2, 0.25) is 0 Å². The Kier molecular flexibility index (Phi) is 2.81. The van der Waals surface area contributed by atoms with E-state index in [1.807, 2.05) is 7.05 Å². The average Bonchev–Trinajstić information content (AvgIpc) is 2.49. The smallest absolute Gasteiger partial charge is 0.241 e. The zero-order valence-electron chi connectivity index (χ0n) is 8.27. The van der Waals surface area contributed by atoms with Crippen molar-refractivity contribution in [2.45, 2.75) is 23.6 Å². The summed E-state index contributed by atoms with van der Waals surface area (Å²) in [5, 5.41) is 2.84. The van der Waals surface area contributed by atoms with Gasteiger partial charge in [-0.3, -0.25) is 4.79 Å². The van der Waals surface area contributed by atoms with Gasteiger partial charge in [0.05, 0.1) is 16.7 Å². The van der Waals surface area contributed by atoms with Crippen LogP contribution in [0.15, 0.2) is 11.0 Å². The first-order valence-electron chi connectivity index (χ1n) is 4.57. The van der Waals surface area contributed by atoms with E-state index in [9.17, 15) is 4.79 Å². The van der Waals surface area contributed by atoms with Crippen LogP contribution >= 0.6 is 23.5 Å². The summed E-state index contributed by atoms with van der Waals surface area (Å²) >= 11 is 3.53. The SMILES string of the molecule is CC1=CSC2C1SC[C@H](N)C(=O)N2C. The van der Waals surface area contributed by atoms with Gasteiger partial charge in [0.15, 0.2) is 0 Å². The molecule has 1 amide bonds. The number of fused-ring (bicyclic) bond motifs is 1. The molecule has 3 atom stereocenters. The van der Waals surface area contributed by atoms with E-state index in [0.29, 0.717) is 5.25 Å². The van der Waals surface area contributed by atoms with E-state index in [0.717, 1.165) is 5.75 Å². The van der Waals surface area contributed by atoms with Crippen molar-refractivity contribution in [2.75, 3.05) is 12.8 Å². The highest BCUT2D eigenvalue weighted by atomic mass is 32.2. The summed E-state index contributed by atoms with van der Waals surface area (Å²) in [4.78, 5) is 13.5. The summed E-state index contributed by atoms with van der Waals surface area (Å²) in [5.41, 5.74) is 7.14. The predicted molar refractivity (Wildman–Crippen MR) is 62.1 cm³/mol. The van der Waals surface area contributed by atoms with E-state index in [4.69, 9.17) is 5.73 Å². The van der Waals surface area contributed by atoms with Crippen molar-refractivity contribution in [1.82, 2.24) is 4.90 Å². The van der Waals surface area contributed by atoms with Crippen molar-refractivity contribution in [3.8, 4) is 0 Å². The average molecular weight is 230 g/mol. The van der Waals surface area contributed by atoms with Gasteiger partial charge in [0.25, 0.3) is 0 Å². The van der Waals surface area contributed by atoms with Crippen LogP contribution in [0.3, 0.4) is 0 Å². The third kappa shape index (κ3) is 1.57. The molecule has 2 rings (SSSR count). The number of thioether (sulfide) groups is 2. The monoisotopic (exact) mass is 230 g/mol. The maximum Gasteiger partial charge on any atom is 0.241 e. The quantitative estimate of drug-likeness (QED) is 0.670. The van der Waals surface area contributed by atoms with Crippen molar-refractivity contribution < 1.29 is 4.79 Å². The summed E-state index contributed by atoms with van der Waals surface area (Å²) in [5.74, 6) is 0.802. The summed E-state index contributed by atoms with van der Waals surface area (Å²) in [6.07, 6.45) is 0. The van der Waals surface area contributed by atoms with Crippen LogP contribution in [0.4, 0.5) is 0 Å². The molecule has 1 fully saturated rings. The Hall–Kier alpha value is -0.130. The molecule has 0 aromatic carbocycles. The molecule has 3 nitrogen and oxygen atoms in total.